The van der Waals surface area contributed by atoms with Gasteiger partial charge in [-0.05, 0) is 197 Å². The number of aryl methyl sites for hydroxylation is 7. The molecule has 2 aromatic heterocycles. The van der Waals surface area contributed by atoms with Crippen molar-refractivity contribution in [1.82, 2.24) is 4.57 Å². The van der Waals surface area contributed by atoms with Gasteiger partial charge in [-0.25, -0.2) is 0 Å². The molecule has 0 saturated heterocycles. The highest BCUT2D eigenvalue weighted by Crippen LogP contribution is 2.51. The minimum atomic E-state index is -0.0834. The maximum Gasteiger partial charge on any atom is 0.252 e. The monoisotopic (exact) mass is 1020 g/mol. The van der Waals surface area contributed by atoms with Crippen molar-refractivity contribution < 1.29 is 4.42 Å². The fraction of sp³-hybridized carbons (Fsp3) is 0.260. The van der Waals surface area contributed by atoms with Gasteiger partial charge in [0.05, 0.1) is 28.1 Å². The second-order valence-electron chi connectivity index (χ2n) is 26.3. The number of anilines is 6. The van der Waals surface area contributed by atoms with Crippen LogP contribution in [-0.2, 0) is 16.2 Å². The summed E-state index contributed by atoms with van der Waals surface area (Å²) >= 11 is 0. The number of hydrogen-bond acceptors (Lipinski definition) is 3. The highest BCUT2D eigenvalue weighted by atomic mass is 16.3. The summed E-state index contributed by atoms with van der Waals surface area (Å²) in [6.07, 6.45) is 0. The summed E-state index contributed by atoms with van der Waals surface area (Å²) in [5.41, 5.74) is 31.8. The van der Waals surface area contributed by atoms with Crippen LogP contribution in [0, 0.1) is 48.5 Å². The maximum atomic E-state index is 6.66. The zero-order chi connectivity index (χ0) is 54.8. The van der Waals surface area contributed by atoms with Crippen molar-refractivity contribution in [1.29, 1.82) is 0 Å². The minimum absolute atomic E-state index is 0.00811. The molecule has 0 aliphatic carbocycles. The van der Waals surface area contributed by atoms with E-state index in [1.165, 1.54) is 134 Å². The van der Waals surface area contributed by atoms with E-state index in [2.05, 4.69) is 271 Å². The van der Waals surface area contributed by atoms with Crippen LogP contribution < -0.4 is 26.2 Å². The van der Waals surface area contributed by atoms with E-state index >= 15 is 0 Å². The maximum absolute atomic E-state index is 6.66. The summed E-state index contributed by atoms with van der Waals surface area (Å²) in [6.45, 7) is 37.1. The lowest BCUT2D eigenvalue weighted by Gasteiger charge is -2.46. The molecular weight excluding hydrogens is 946 g/mol. The number of benzene rings is 9. The predicted octanol–water partition coefficient (Wildman–Crippen LogP) is 18.5. The molecule has 2 aliphatic heterocycles. The van der Waals surface area contributed by atoms with Gasteiger partial charge in [0.1, 0.15) is 11.2 Å². The van der Waals surface area contributed by atoms with Gasteiger partial charge in [-0.15, -0.1) is 0 Å². The Balaban J connectivity index is 1.14. The largest absolute Gasteiger partial charge is 0.455 e. The van der Waals surface area contributed by atoms with E-state index < -0.39 is 0 Å². The molecule has 0 N–H and O–H groups in total. The molecule has 9 aromatic carbocycles. The topological polar surface area (TPSA) is 24.6 Å². The third-order valence-electron chi connectivity index (χ3n) is 17.5. The van der Waals surface area contributed by atoms with Crippen LogP contribution in [0.2, 0.25) is 0 Å². The van der Waals surface area contributed by atoms with E-state index in [1.807, 2.05) is 0 Å². The summed E-state index contributed by atoms with van der Waals surface area (Å²) < 4.78 is 9.24. The second-order valence-corrected chi connectivity index (χ2v) is 26.3. The number of hydrogen-bond donors (Lipinski definition) is 0. The van der Waals surface area contributed by atoms with Crippen molar-refractivity contribution in [2.45, 2.75) is 127 Å². The Morgan fingerprint density at radius 2 is 0.923 bits per heavy atom. The Morgan fingerprint density at radius 3 is 1.55 bits per heavy atom. The summed E-state index contributed by atoms with van der Waals surface area (Å²) in [6, 6.07) is 56.2. The Hall–Kier alpha value is -7.76. The molecule has 388 valence electrons. The van der Waals surface area contributed by atoms with Gasteiger partial charge in [0.2, 0.25) is 0 Å². The summed E-state index contributed by atoms with van der Waals surface area (Å²) in [5.74, 6) is 0. The van der Waals surface area contributed by atoms with Crippen molar-refractivity contribution in [3.63, 3.8) is 0 Å². The number of nitrogens with zero attached hydrogens (tertiary/aromatic N) is 3. The SMILES string of the molecule is Cc1cc2c3c(c1)N(c1c(C)cc(C(C)(C)C)cc1C)c1cc4c(cc1B3c1ccc(C(C)(C)C)cc1N2c1c(C)cc(-c2cccc3c2oc2ccccc23)cc1C)c1cc(C(C)(C)C)ccc1n4-c1c(C)cccc1C. The fourth-order valence-electron chi connectivity index (χ4n) is 13.6. The average molecular weight is 1020 g/mol. The highest BCUT2D eigenvalue weighted by Gasteiger charge is 2.45. The van der Waals surface area contributed by atoms with Crippen LogP contribution in [0.3, 0.4) is 0 Å². The van der Waals surface area contributed by atoms with Crippen LogP contribution in [0.25, 0.3) is 60.6 Å². The molecule has 0 fully saturated rings. The van der Waals surface area contributed by atoms with Gasteiger partial charge in [-0.2, -0.15) is 0 Å². The van der Waals surface area contributed by atoms with Crippen molar-refractivity contribution in [2.75, 3.05) is 9.80 Å². The zero-order valence-electron chi connectivity index (χ0n) is 48.7. The van der Waals surface area contributed by atoms with E-state index in [1.54, 1.807) is 0 Å². The van der Waals surface area contributed by atoms with E-state index in [9.17, 15) is 0 Å². The molecular formula is C73H72BN3O. The third-order valence-corrected chi connectivity index (χ3v) is 17.5. The van der Waals surface area contributed by atoms with E-state index in [0.29, 0.717) is 0 Å². The average Bonchev–Trinajstić information content (AvgIpc) is 3.41. The molecule has 0 atom stereocenters. The number of fused-ring (bicyclic) bond motifs is 10. The van der Waals surface area contributed by atoms with Crippen LogP contribution in [0.4, 0.5) is 34.1 Å². The molecule has 11 aromatic rings. The van der Waals surface area contributed by atoms with Crippen LogP contribution >= 0.6 is 0 Å². The summed E-state index contributed by atoms with van der Waals surface area (Å²) in [4.78, 5) is 5.32. The van der Waals surface area contributed by atoms with Gasteiger partial charge >= 0.3 is 0 Å². The first-order valence-corrected chi connectivity index (χ1v) is 28.2. The lowest BCUT2D eigenvalue weighted by Crippen LogP contribution is -2.61. The fourth-order valence-corrected chi connectivity index (χ4v) is 13.6. The standard InChI is InChI=1S/C73H72BN3O/c1-41-31-63-66-64(32-41)77(69-46(6)35-51(36-47(69)7)73(14,15)16)62-40-60-56(55-37-49(71(8,9)10)28-30-59(55)75(60)67-42(2)21-19-22-43(67)3)39-58(62)74(66)57-29-27-50(72(11,12)13)38-61(57)76(63)68-44(4)33-48(34-45(68)5)52-24-20-25-54-53-23-17-18-26-65(53)78-70(52)54/h17-40H,1-16H3. The van der Waals surface area contributed by atoms with Gasteiger partial charge in [-0.1, -0.05) is 153 Å². The molecule has 4 nitrogen and oxygen atoms in total. The van der Waals surface area contributed by atoms with Gasteiger partial charge in [0.15, 0.2) is 0 Å². The Bertz CT molecular complexity index is 4300. The second kappa shape index (κ2) is 17.1. The molecule has 2 aliphatic rings. The first-order chi connectivity index (χ1) is 37.0. The van der Waals surface area contributed by atoms with E-state index in [-0.39, 0.29) is 23.0 Å². The summed E-state index contributed by atoms with van der Waals surface area (Å²) in [5, 5.41) is 4.86. The van der Waals surface area contributed by atoms with E-state index in [0.717, 1.165) is 33.1 Å². The highest BCUT2D eigenvalue weighted by molar-refractivity contribution is 7.00. The molecule has 0 unspecified atom stereocenters. The predicted molar refractivity (Wildman–Crippen MR) is 337 cm³/mol. The quantitative estimate of drug-likeness (QED) is 0.164. The number of para-hydroxylation sites is 3. The van der Waals surface area contributed by atoms with Crippen LogP contribution in [-0.4, -0.2) is 11.3 Å². The number of aromatic nitrogens is 1. The minimum Gasteiger partial charge on any atom is -0.455 e. The number of rotatable bonds is 4. The molecule has 0 radical (unpaired) electrons. The van der Waals surface area contributed by atoms with Crippen LogP contribution in [0.1, 0.15) is 118 Å². The van der Waals surface area contributed by atoms with Gasteiger partial charge in [0.25, 0.3) is 6.71 Å². The van der Waals surface area contributed by atoms with Crippen molar-refractivity contribution >= 4 is 101 Å². The third kappa shape index (κ3) is 7.47. The van der Waals surface area contributed by atoms with Crippen molar-refractivity contribution in [3.05, 3.63) is 201 Å². The molecule has 4 heterocycles. The molecule has 0 bridgehead atoms. The van der Waals surface area contributed by atoms with Gasteiger partial charge in [-0.3, -0.25) is 0 Å². The lowest BCUT2D eigenvalue weighted by molar-refractivity contribution is 0.589. The van der Waals surface area contributed by atoms with Crippen molar-refractivity contribution in [3.8, 4) is 16.8 Å². The smallest absolute Gasteiger partial charge is 0.252 e. The lowest BCUT2D eigenvalue weighted by atomic mass is 9.33. The van der Waals surface area contributed by atoms with Gasteiger partial charge in [0, 0.05) is 49.9 Å². The molecule has 0 amide bonds. The number of furan rings is 1. The molecule has 13 rings (SSSR count). The zero-order valence-corrected chi connectivity index (χ0v) is 48.7. The van der Waals surface area contributed by atoms with E-state index in [4.69, 9.17) is 4.42 Å². The molecule has 0 spiro atoms. The Kier molecular flexibility index (Phi) is 10.9. The van der Waals surface area contributed by atoms with Gasteiger partial charge < -0.3 is 18.8 Å². The first kappa shape index (κ1) is 49.8. The van der Waals surface area contributed by atoms with Crippen LogP contribution in [0.5, 0.6) is 0 Å². The molecule has 78 heavy (non-hydrogen) atoms. The van der Waals surface area contributed by atoms with Crippen molar-refractivity contribution in [2.24, 2.45) is 0 Å². The normalized spacial score (nSPS) is 13.6. The Morgan fingerprint density at radius 1 is 0.385 bits per heavy atom. The molecule has 0 saturated carbocycles. The van der Waals surface area contributed by atoms with Crippen LogP contribution in [0.15, 0.2) is 150 Å². The Labute approximate surface area is 462 Å². The first-order valence-electron chi connectivity index (χ1n) is 28.2. The molecule has 5 heteroatoms. The summed E-state index contributed by atoms with van der Waals surface area (Å²) in [7, 11) is 0.